The molecule has 2 aliphatic rings. The second-order valence-corrected chi connectivity index (χ2v) is 4.22. The van der Waals surface area contributed by atoms with Crippen LogP contribution in [-0.4, -0.2) is 47.6 Å². The van der Waals surface area contributed by atoms with Crippen LogP contribution in [0.3, 0.4) is 0 Å². The maximum absolute atomic E-state index is 12.0. The number of aliphatic carboxylic acids is 1. The summed E-state index contributed by atoms with van der Waals surface area (Å²) in [6.07, 6.45) is 2.24. The normalized spacial score (nSPS) is 30.8. The van der Waals surface area contributed by atoms with E-state index in [0.717, 1.165) is 19.4 Å². The molecule has 0 spiro atoms. The van der Waals surface area contributed by atoms with Crippen molar-refractivity contribution in [2.24, 2.45) is 5.92 Å². The fraction of sp³-hybridized carbons (Fsp3) is 0.800. The largest absolute Gasteiger partial charge is 0.480 e. The minimum atomic E-state index is -0.869. The molecule has 2 N–H and O–H groups in total. The van der Waals surface area contributed by atoms with Crippen LogP contribution in [0.4, 0.5) is 0 Å². The van der Waals surface area contributed by atoms with E-state index in [-0.39, 0.29) is 11.8 Å². The lowest BCUT2D eigenvalue weighted by atomic mass is 10.1. The highest BCUT2D eigenvalue weighted by Crippen LogP contribution is 2.22. The smallest absolute Gasteiger partial charge is 0.326 e. The van der Waals surface area contributed by atoms with Crippen molar-refractivity contribution in [2.45, 2.75) is 25.3 Å². The van der Waals surface area contributed by atoms with Gasteiger partial charge in [0, 0.05) is 13.1 Å². The fourth-order valence-corrected chi connectivity index (χ4v) is 2.39. The van der Waals surface area contributed by atoms with Crippen LogP contribution in [0.5, 0.6) is 0 Å². The van der Waals surface area contributed by atoms with E-state index < -0.39 is 12.0 Å². The molecule has 2 unspecified atom stereocenters. The van der Waals surface area contributed by atoms with Gasteiger partial charge in [-0.05, 0) is 25.8 Å². The third kappa shape index (κ3) is 1.97. The lowest BCUT2D eigenvalue weighted by Gasteiger charge is -2.24. The monoisotopic (exact) mass is 212 g/mol. The molecule has 15 heavy (non-hydrogen) atoms. The molecule has 1 amide bonds. The molecule has 0 aromatic heterocycles. The third-order valence-corrected chi connectivity index (χ3v) is 3.23. The maximum atomic E-state index is 12.0. The highest BCUT2D eigenvalue weighted by atomic mass is 16.4. The summed E-state index contributed by atoms with van der Waals surface area (Å²) in [6, 6.07) is -0.585. The van der Waals surface area contributed by atoms with Gasteiger partial charge in [-0.2, -0.15) is 0 Å². The third-order valence-electron chi connectivity index (χ3n) is 3.23. The Labute approximate surface area is 88.4 Å². The van der Waals surface area contributed by atoms with Gasteiger partial charge in [0.1, 0.15) is 6.04 Å². The average molecular weight is 212 g/mol. The van der Waals surface area contributed by atoms with Gasteiger partial charge in [0.25, 0.3) is 0 Å². The Morgan fingerprint density at radius 1 is 1.33 bits per heavy atom. The summed E-state index contributed by atoms with van der Waals surface area (Å²) in [6.45, 7) is 2.16. The number of carbonyl (C=O) groups excluding carboxylic acids is 1. The first kappa shape index (κ1) is 10.4. The van der Waals surface area contributed by atoms with Crippen molar-refractivity contribution in [2.75, 3.05) is 19.6 Å². The van der Waals surface area contributed by atoms with Gasteiger partial charge in [-0.3, -0.25) is 4.79 Å². The van der Waals surface area contributed by atoms with Crippen LogP contribution in [0.2, 0.25) is 0 Å². The van der Waals surface area contributed by atoms with Crippen LogP contribution in [0.25, 0.3) is 0 Å². The summed E-state index contributed by atoms with van der Waals surface area (Å²) >= 11 is 0. The van der Waals surface area contributed by atoms with Gasteiger partial charge in [-0.15, -0.1) is 0 Å². The standard InChI is InChI=1S/C10H16N2O3/c13-9(7-3-4-11-6-7)12-5-1-2-8(12)10(14)15/h7-8,11H,1-6H2,(H,14,15). The van der Waals surface area contributed by atoms with E-state index in [1.54, 1.807) is 4.90 Å². The number of rotatable bonds is 2. The lowest BCUT2D eigenvalue weighted by Crippen LogP contribution is -2.43. The summed E-state index contributed by atoms with van der Waals surface area (Å²) in [4.78, 5) is 24.4. The highest BCUT2D eigenvalue weighted by molar-refractivity contribution is 5.86. The van der Waals surface area contributed by atoms with Crippen LogP contribution in [0, 0.1) is 5.92 Å². The number of nitrogens with zero attached hydrogens (tertiary/aromatic N) is 1. The molecule has 2 aliphatic heterocycles. The van der Waals surface area contributed by atoms with Crippen molar-refractivity contribution in [1.82, 2.24) is 10.2 Å². The molecular weight excluding hydrogens is 196 g/mol. The zero-order chi connectivity index (χ0) is 10.8. The molecule has 0 aliphatic carbocycles. The van der Waals surface area contributed by atoms with Crippen LogP contribution in [-0.2, 0) is 9.59 Å². The summed E-state index contributed by atoms with van der Waals surface area (Å²) in [5, 5.41) is 12.1. The van der Waals surface area contributed by atoms with Crippen LogP contribution >= 0.6 is 0 Å². The molecule has 0 aromatic rings. The lowest BCUT2D eigenvalue weighted by molar-refractivity contribution is -0.149. The summed E-state index contributed by atoms with van der Waals surface area (Å²) < 4.78 is 0. The molecule has 2 atom stereocenters. The minimum absolute atomic E-state index is 0.00931. The maximum Gasteiger partial charge on any atom is 0.326 e. The van der Waals surface area contributed by atoms with Crippen molar-refractivity contribution in [3.8, 4) is 0 Å². The van der Waals surface area contributed by atoms with E-state index in [4.69, 9.17) is 5.11 Å². The van der Waals surface area contributed by atoms with Crippen LogP contribution in [0.15, 0.2) is 0 Å². The summed E-state index contributed by atoms with van der Waals surface area (Å²) in [5.41, 5.74) is 0. The number of hydrogen-bond donors (Lipinski definition) is 2. The van der Waals surface area contributed by atoms with Gasteiger partial charge in [-0.25, -0.2) is 4.79 Å². The topological polar surface area (TPSA) is 69.6 Å². The number of hydrogen-bond acceptors (Lipinski definition) is 3. The molecule has 2 saturated heterocycles. The quantitative estimate of drug-likeness (QED) is 0.657. The van der Waals surface area contributed by atoms with Gasteiger partial charge in [0.05, 0.1) is 5.92 Å². The van der Waals surface area contributed by atoms with Gasteiger partial charge in [0.2, 0.25) is 5.91 Å². The van der Waals surface area contributed by atoms with Crippen molar-refractivity contribution < 1.29 is 14.7 Å². The summed E-state index contributed by atoms with van der Waals surface area (Å²) in [7, 11) is 0. The van der Waals surface area contributed by atoms with Crippen LogP contribution < -0.4 is 5.32 Å². The molecule has 5 nitrogen and oxygen atoms in total. The van der Waals surface area contributed by atoms with Gasteiger partial charge < -0.3 is 15.3 Å². The first-order valence-electron chi connectivity index (χ1n) is 5.44. The molecule has 0 aromatic carbocycles. The first-order valence-corrected chi connectivity index (χ1v) is 5.44. The second kappa shape index (κ2) is 4.18. The number of carboxylic acids is 1. The van der Waals surface area contributed by atoms with Crippen molar-refractivity contribution in [3.63, 3.8) is 0 Å². The molecule has 5 heteroatoms. The first-order chi connectivity index (χ1) is 7.20. The van der Waals surface area contributed by atoms with E-state index in [0.29, 0.717) is 19.5 Å². The predicted molar refractivity (Wildman–Crippen MR) is 53.3 cm³/mol. The van der Waals surface area contributed by atoms with Crippen molar-refractivity contribution in [1.29, 1.82) is 0 Å². The molecule has 2 heterocycles. The average Bonchev–Trinajstić information content (AvgIpc) is 2.88. The number of likely N-dealkylation sites (tertiary alicyclic amines) is 1. The fourth-order valence-electron chi connectivity index (χ4n) is 2.39. The molecular formula is C10H16N2O3. The molecule has 84 valence electrons. The van der Waals surface area contributed by atoms with Crippen molar-refractivity contribution in [3.05, 3.63) is 0 Å². The Kier molecular flexibility index (Phi) is 2.90. The Morgan fingerprint density at radius 2 is 2.13 bits per heavy atom. The van der Waals surface area contributed by atoms with E-state index in [2.05, 4.69) is 5.32 Å². The SMILES string of the molecule is O=C(O)C1CCCN1C(=O)C1CCNC1. The zero-order valence-corrected chi connectivity index (χ0v) is 8.61. The summed E-state index contributed by atoms with van der Waals surface area (Å²) in [5.74, 6) is -0.860. The number of amides is 1. The zero-order valence-electron chi connectivity index (χ0n) is 8.61. The number of carbonyl (C=O) groups is 2. The Hall–Kier alpha value is -1.10. The Balaban J connectivity index is 2.02. The second-order valence-electron chi connectivity index (χ2n) is 4.22. The molecule has 2 fully saturated rings. The van der Waals surface area contributed by atoms with E-state index >= 15 is 0 Å². The molecule has 0 saturated carbocycles. The predicted octanol–water partition coefficient (Wildman–Crippen LogP) is -0.329. The number of nitrogens with one attached hydrogen (secondary N) is 1. The molecule has 0 radical (unpaired) electrons. The van der Waals surface area contributed by atoms with Gasteiger partial charge in [0.15, 0.2) is 0 Å². The number of carboxylic acid groups (broad SMARTS) is 1. The highest BCUT2D eigenvalue weighted by Gasteiger charge is 2.37. The van der Waals surface area contributed by atoms with Crippen molar-refractivity contribution >= 4 is 11.9 Å². The molecule has 2 rings (SSSR count). The minimum Gasteiger partial charge on any atom is -0.480 e. The van der Waals surface area contributed by atoms with E-state index in [1.807, 2.05) is 0 Å². The van der Waals surface area contributed by atoms with E-state index in [1.165, 1.54) is 0 Å². The van der Waals surface area contributed by atoms with Gasteiger partial charge >= 0.3 is 5.97 Å². The Bertz CT molecular complexity index is 274. The Morgan fingerprint density at radius 3 is 2.73 bits per heavy atom. The van der Waals surface area contributed by atoms with Gasteiger partial charge in [-0.1, -0.05) is 0 Å². The molecule has 0 bridgehead atoms. The van der Waals surface area contributed by atoms with Crippen LogP contribution in [0.1, 0.15) is 19.3 Å². The van der Waals surface area contributed by atoms with E-state index in [9.17, 15) is 9.59 Å².